The number of nitrogens with zero attached hydrogens (tertiary/aromatic N) is 4. The summed E-state index contributed by atoms with van der Waals surface area (Å²) in [4.78, 5) is 4.39. The third-order valence-corrected chi connectivity index (χ3v) is 5.52. The number of benzene rings is 2. The second kappa shape index (κ2) is 9.11. The Kier molecular flexibility index (Phi) is 6.12. The molecule has 0 N–H and O–H groups in total. The monoisotopic (exact) mass is 422 g/mol. The highest BCUT2D eigenvalue weighted by molar-refractivity contribution is 7.98. The first-order valence-corrected chi connectivity index (χ1v) is 10.6. The van der Waals surface area contributed by atoms with Gasteiger partial charge in [-0.1, -0.05) is 41.6 Å². The number of halogens is 1. The van der Waals surface area contributed by atoms with Crippen LogP contribution in [0.1, 0.15) is 12.6 Å². The van der Waals surface area contributed by atoms with Crippen LogP contribution >= 0.6 is 23.4 Å². The maximum atomic E-state index is 6.45. The molecule has 2 aromatic carbocycles. The van der Waals surface area contributed by atoms with Crippen molar-refractivity contribution in [3.8, 4) is 22.8 Å². The van der Waals surface area contributed by atoms with Gasteiger partial charge in [0.05, 0.1) is 17.3 Å². The van der Waals surface area contributed by atoms with Crippen molar-refractivity contribution >= 4 is 23.4 Å². The molecule has 5 nitrogen and oxygen atoms in total. The Morgan fingerprint density at radius 1 is 0.966 bits per heavy atom. The third kappa shape index (κ3) is 4.44. The molecule has 2 aromatic heterocycles. The van der Waals surface area contributed by atoms with Crippen molar-refractivity contribution in [3.05, 3.63) is 83.6 Å². The molecule has 0 bridgehead atoms. The lowest BCUT2D eigenvalue weighted by Crippen LogP contribution is -2.01. The summed E-state index contributed by atoms with van der Waals surface area (Å²) in [5.41, 5.74) is 2.76. The number of aromatic nitrogens is 4. The van der Waals surface area contributed by atoms with E-state index in [-0.39, 0.29) is 0 Å². The van der Waals surface area contributed by atoms with Gasteiger partial charge in [-0.15, -0.1) is 10.2 Å². The van der Waals surface area contributed by atoms with Gasteiger partial charge in [0.2, 0.25) is 0 Å². The summed E-state index contributed by atoms with van der Waals surface area (Å²) in [6.07, 6.45) is 1.79. The minimum absolute atomic E-state index is 0.627. The van der Waals surface area contributed by atoms with Crippen molar-refractivity contribution in [2.75, 3.05) is 6.61 Å². The summed E-state index contributed by atoms with van der Waals surface area (Å²) < 4.78 is 7.59. The van der Waals surface area contributed by atoms with Crippen LogP contribution < -0.4 is 4.74 Å². The van der Waals surface area contributed by atoms with E-state index in [1.807, 2.05) is 78.2 Å². The Hall–Kier alpha value is -2.83. The van der Waals surface area contributed by atoms with Crippen molar-refractivity contribution in [3.63, 3.8) is 0 Å². The molecule has 0 aliphatic rings. The van der Waals surface area contributed by atoms with Crippen molar-refractivity contribution in [2.45, 2.75) is 17.8 Å². The first kappa shape index (κ1) is 19.5. The molecule has 29 heavy (non-hydrogen) atoms. The lowest BCUT2D eigenvalue weighted by atomic mass is 10.2. The van der Waals surface area contributed by atoms with E-state index in [1.54, 1.807) is 18.0 Å². The summed E-state index contributed by atoms with van der Waals surface area (Å²) in [6, 6.07) is 21.4. The number of thioether (sulfide) groups is 1. The molecule has 0 radical (unpaired) electrons. The second-order valence-electron chi connectivity index (χ2n) is 6.16. The lowest BCUT2D eigenvalue weighted by Gasteiger charge is -2.12. The average Bonchev–Trinajstić information content (AvgIpc) is 3.18. The fourth-order valence-corrected chi connectivity index (χ4v) is 3.98. The molecule has 0 aliphatic heterocycles. The predicted octanol–water partition coefficient (Wildman–Crippen LogP) is 5.67. The van der Waals surface area contributed by atoms with Crippen LogP contribution in [0.4, 0.5) is 0 Å². The molecule has 0 aliphatic carbocycles. The SMILES string of the molecule is CCOc1ccc(-n2c(SCc3ccccn3)nnc2-c2ccccc2Cl)cc1. The van der Waals surface area contributed by atoms with E-state index in [4.69, 9.17) is 16.3 Å². The van der Waals surface area contributed by atoms with E-state index >= 15 is 0 Å². The number of pyridine rings is 1. The quantitative estimate of drug-likeness (QED) is 0.359. The number of rotatable bonds is 7. The van der Waals surface area contributed by atoms with Gasteiger partial charge in [-0.25, -0.2) is 0 Å². The fraction of sp³-hybridized carbons (Fsp3) is 0.136. The Balaban J connectivity index is 1.74. The van der Waals surface area contributed by atoms with Crippen LogP contribution in [0.25, 0.3) is 17.1 Å². The number of hydrogen-bond acceptors (Lipinski definition) is 5. The molecule has 4 aromatic rings. The largest absolute Gasteiger partial charge is 0.494 e. The summed E-state index contributed by atoms with van der Waals surface area (Å²) in [5, 5.41) is 10.3. The topological polar surface area (TPSA) is 52.8 Å². The molecule has 0 spiro atoms. The molecule has 0 saturated carbocycles. The maximum absolute atomic E-state index is 6.45. The van der Waals surface area contributed by atoms with E-state index in [9.17, 15) is 0 Å². The molecule has 0 unspecified atom stereocenters. The lowest BCUT2D eigenvalue weighted by molar-refractivity contribution is 0.340. The Morgan fingerprint density at radius 2 is 1.76 bits per heavy atom. The van der Waals surface area contributed by atoms with E-state index < -0.39 is 0 Å². The van der Waals surface area contributed by atoms with E-state index in [0.717, 1.165) is 27.9 Å². The molecule has 0 amide bonds. The van der Waals surface area contributed by atoms with Gasteiger partial charge >= 0.3 is 0 Å². The zero-order valence-electron chi connectivity index (χ0n) is 15.8. The van der Waals surface area contributed by atoms with Gasteiger partial charge in [0.15, 0.2) is 11.0 Å². The summed E-state index contributed by atoms with van der Waals surface area (Å²) in [6.45, 7) is 2.59. The second-order valence-corrected chi connectivity index (χ2v) is 7.51. The minimum atomic E-state index is 0.627. The van der Waals surface area contributed by atoms with Gasteiger partial charge in [-0.3, -0.25) is 9.55 Å². The Morgan fingerprint density at radius 3 is 2.48 bits per heavy atom. The maximum Gasteiger partial charge on any atom is 0.196 e. The van der Waals surface area contributed by atoms with Crippen LogP contribution in [-0.2, 0) is 5.75 Å². The zero-order chi connectivity index (χ0) is 20.1. The van der Waals surface area contributed by atoms with E-state index in [1.165, 1.54) is 0 Å². The fourth-order valence-electron chi connectivity index (χ4n) is 2.89. The van der Waals surface area contributed by atoms with Crippen molar-refractivity contribution in [1.82, 2.24) is 19.7 Å². The molecule has 0 fully saturated rings. The van der Waals surface area contributed by atoms with Crippen LogP contribution in [0, 0.1) is 0 Å². The molecule has 146 valence electrons. The average molecular weight is 423 g/mol. The molecule has 7 heteroatoms. The van der Waals surface area contributed by atoms with Crippen molar-refractivity contribution in [1.29, 1.82) is 0 Å². The van der Waals surface area contributed by atoms with Crippen LogP contribution in [0.2, 0.25) is 5.02 Å². The first-order valence-electron chi connectivity index (χ1n) is 9.22. The highest BCUT2D eigenvalue weighted by Crippen LogP contribution is 2.33. The highest BCUT2D eigenvalue weighted by Gasteiger charge is 2.18. The molecule has 0 saturated heterocycles. The standard InChI is InChI=1S/C22H19ClN4OS/c1-2-28-18-12-10-17(11-13-18)27-21(19-8-3-4-9-20(19)23)25-26-22(27)29-15-16-7-5-6-14-24-16/h3-14H,2,15H2,1H3. The zero-order valence-corrected chi connectivity index (χ0v) is 17.4. The summed E-state index contributed by atoms with van der Waals surface area (Å²) in [7, 11) is 0. The van der Waals surface area contributed by atoms with Gasteiger partial charge in [-0.05, 0) is 55.5 Å². The van der Waals surface area contributed by atoms with Gasteiger partial charge in [0.1, 0.15) is 5.75 Å². The number of ether oxygens (including phenoxy) is 1. The first-order chi connectivity index (χ1) is 14.3. The molecule has 0 atom stereocenters. The van der Waals surface area contributed by atoms with Gasteiger partial charge in [0, 0.05) is 23.2 Å². The molecular formula is C22H19ClN4OS. The van der Waals surface area contributed by atoms with E-state index in [2.05, 4.69) is 15.2 Å². The van der Waals surface area contributed by atoms with Crippen LogP contribution in [-0.4, -0.2) is 26.4 Å². The van der Waals surface area contributed by atoms with Crippen molar-refractivity contribution in [2.24, 2.45) is 0 Å². The summed E-state index contributed by atoms with van der Waals surface area (Å²) in [5.74, 6) is 2.22. The summed E-state index contributed by atoms with van der Waals surface area (Å²) >= 11 is 8.03. The smallest absolute Gasteiger partial charge is 0.196 e. The van der Waals surface area contributed by atoms with Crippen LogP contribution in [0.3, 0.4) is 0 Å². The van der Waals surface area contributed by atoms with Gasteiger partial charge in [-0.2, -0.15) is 0 Å². The number of hydrogen-bond donors (Lipinski definition) is 0. The van der Waals surface area contributed by atoms with Gasteiger partial charge < -0.3 is 4.74 Å². The predicted molar refractivity (Wildman–Crippen MR) is 117 cm³/mol. The van der Waals surface area contributed by atoms with Crippen molar-refractivity contribution < 1.29 is 4.74 Å². The highest BCUT2D eigenvalue weighted by atomic mass is 35.5. The molecular weight excluding hydrogens is 404 g/mol. The Bertz CT molecular complexity index is 1080. The third-order valence-electron chi connectivity index (χ3n) is 4.23. The Labute approximate surface area is 178 Å². The normalized spacial score (nSPS) is 10.8. The minimum Gasteiger partial charge on any atom is -0.494 e. The molecule has 4 rings (SSSR count). The van der Waals surface area contributed by atoms with Crippen LogP contribution in [0.15, 0.2) is 78.1 Å². The van der Waals surface area contributed by atoms with Gasteiger partial charge in [0.25, 0.3) is 0 Å². The van der Waals surface area contributed by atoms with Crippen LogP contribution in [0.5, 0.6) is 5.75 Å². The van der Waals surface area contributed by atoms with E-state index in [0.29, 0.717) is 23.2 Å². The molecule has 2 heterocycles.